The molecule has 2 aromatic carbocycles. The van der Waals surface area contributed by atoms with Crippen LogP contribution in [0.2, 0.25) is 0 Å². The summed E-state index contributed by atoms with van der Waals surface area (Å²) in [7, 11) is -3.71. The van der Waals surface area contributed by atoms with Crippen LogP contribution in [0, 0.1) is 5.82 Å². The largest absolute Gasteiger partial charge is 0.312 e. The van der Waals surface area contributed by atoms with Crippen molar-refractivity contribution in [2.24, 2.45) is 0 Å². The maximum absolute atomic E-state index is 13.6. The molecule has 0 saturated heterocycles. The van der Waals surface area contributed by atoms with Crippen LogP contribution in [0.1, 0.15) is 36.5 Å². The highest BCUT2D eigenvalue weighted by Gasteiger charge is 2.23. The van der Waals surface area contributed by atoms with Crippen LogP contribution in [0.4, 0.5) is 10.1 Å². The summed E-state index contributed by atoms with van der Waals surface area (Å²) in [5.41, 5.74) is 2.98. The van der Waals surface area contributed by atoms with Crippen molar-refractivity contribution >= 4 is 27.7 Å². The van der Waals surface area contributed by atoms with E-state index in [4.69, 9.17) is 0 Å². The minimum absolute atomic E-state index is 0.124. The minimum Gasteiger partial charge on any atom is -0.312 e. The van der Waals surface area contributed by atoms with Gasteiger partial charge in [-0.25, -0.2) is 17.5 Å². The number of fused-ring (bicyclic) bond motifs is 1. The number of anilines is 1. The number of rotatable bonds is 7. The number of benzene rings is 2. The molecule has 3 rings (SSSR count). The standard InChI is InChI=1S/C21H23FN2O3S/c1-2-12-24-20-9-7-16(14-18(20)8-10-21(24)25)15-23-28(26,27)13-11-17-5-3-4-6-19(17)22/h3-7,9,11,13-14,23H,2,8,10,12,15H2,1H3/b13-11+. The van der Waals surface area contributed by atoms with E-state index in [1.165, 1.54) is 18.2 Å². The fourth-order valence-corrected chi connectivity index (χ4v) is 3.99. The summed E-state index contributed by atoms with van der Waals surface area (Å²) in [5, 5.41) is 0.964. The Morgan fingerprint density at radius 3 is 2.71 bits per heavy atom. The molecule has 5 nitrogen and oxygen atoms in total. The fourth-order valence-electron chi connectivity index (χ4n) is 3.20. The molecule has 0 bridgehead atoms. The van der Waals surface area contributed by atoms with Crippen molar-refractivity contribution in [3.63, 3.8) is 0 Å². The first kappa shape index (κ1) is 20.2. The van der Waals surface area contributed by atoms with E-state index in [1.807, 2.05) is 25.1 Å². The number of hydrogen-bond donors (Lipinski definition) is 1. The molecule has 2 aromatic rings. The third-order valence-electron chi connectivity index (χ3n) is 4.60. The topological polar surface area (TPSA) is 66.5 Å². The molecule has 1 amide bonds. The predicted octanol–water partition coefficient (Wildman–Crippen LogP) is 3.61. The molecule has 28 heavy (non-hydrogen) atoms. The second kappa shape index (κ2) is 8.67. The third kappa shape index (κ3) is 4.85. The molecule has 0 aromatic heterocycles. The zero-order chi connectivity index (χ0) is 20.1. The van der Waals surface area contributed by atoms with Gasteiger partial charge in [-0.05, 0) is 42.2 Å². The molecule has 1 N–H and O–H groups in total. The number of sulfonamides is 1. The van der Waals surface area contributed by atoms with E-state index >= 15 is 0 Å². The lowest BCUT2D eigenvalue weighted by Crippen LogP contribution is -2.35. The Labute approximate surface area is 164 Å². The number of nitrogens with one attached hydrogen (secondary N) is 1. The van der Waals surface area contributed by atoms with Gasteiger partial charge >= 0.3 is 0 Å². The SMILES string of the molecule is CCCN1C(=O)CCc2cc(CNS(=O)(=O)/C=C/c3ccccc3F)ccc21. The Kier molecular flexibility index (Phi) is 6.26. The first-order valence-electron chi connectivity index (χ1n) is 9.24. The van der Waals surface area contributed by atoms with Gasteiger partial charge in [-0.3, -0.25) is 4.79 Å². The van der Waals surface area contributed by atoms with Crippen LogP contribution >= 0.6 is 0 Å². The minimum atomic E-state index is -3.71. The van der Waals surface area contributed by atoms with Crippen LogP contribution in [0.5, 0.6) is 0 Å². The third-order valence-corrected chi connectivity index (χ3v) is 5.64. The average molecular weight is 402 g/mol. The molecule has 0 unspecified atom stereocenters. The van der Waals surface area contributed by atoms with Gasteiger partial charge in [-0.2, -0.15) is 0 Å². The lowest BCUT2D eigenvalue weighted by Gasteiger charge is -2.29. The summed E-state index contributed by atoms with van der Waals surface area (Å²) in [5.74, 6) is -0.351. The van der Waals surface area contributed by atoms with Gasteiger partial charge in [0, 0.05) is 36.2 Å². The fraction of sp³-hybridized carbons (Fsp3) is 0.286. The highest BCUT2D eigenvalue weighted by Crippen LogP contribution is 2.29. The molecular weight excluding hydrogens is 379 g/mol. The lowest BCUT2D eigenvalue weighted by molar-refractivity contribution is -0.118. The molecule has 0 atom stereocenters. The molecule has 0 spiro atoms. The summed E-state index contributed by atoms with van der Waals surface area (Å²) >= 11 is 0. The number of nitrogens with zero attached hydrogens (tertiary/aromatic N) is 1. The van der Waals surface area contributed by atoms with E-state index in [0.717, 1.165) is 28.6 Å². The Hall–Kier alpha value is -2.51. The van der Waals surface area contributed by atoms with E-state index in [2.05, 4.69) is 4.72 Å². The molecule has 1 aliphatic heterocycles. The van der Waals surface area contributed by atoms with Crippen molar-refractivity contribution < 1.29 is 17.6 Å². The van der Waals surface area contributed by atoms with E-state index in [0.29, 0.717) is 19.4 Å². The monoisotopic (exact) mass is 402 g/mol. The number of carbonyl (C=O) groups excluding carboxylic acids is 1. The Balaban J connectivity index is 1.69. The van der Waals surface area contributed by atoms with Crippen molar-refractivity contribution in [3.05, 3.63) is 70.4 Å². The van der Waals surface area contributed by atoms with E-state index in [1.54, 1.807) is 17.0 Å². The summed E-state index contributed by atoms with van der Waals surface area (Å²) in [6.45, 7) is 2.83. The molecule has 0 aliphatic carbocycles. The van der Waals surface area contributed by atoms with Crippen LogP contribution < -0.4 is 9.62 Å². The molecule has 0 radical (unpaired) electrons. The summed E-state index contributed by atoms with van der Waals surface area (Å²) in [4.78, 5) is 13.9. The van der Waals surface area contributed by atoms with E-state index in [-0.39, 0.29) is 18.0 Å². The van der Waals surface area contributed by atoms with Crippen molar-refractivity contribution in [2.45, 2.75) is 32.7 Å². The Morgan fingerprint density at radius 1 is 1.18 bits per heavy atom. The van der Waals surface area contributed by atoms with Crippen molar-refractivity contribution in [2.75, 3.05) is 11.4 Å². The Bertz CT molecular complexity index is 1000. The van der Waals surface area contributed by atoms with Crippen LogP contribution in [-0.2, 0) is 27.8 Å². The van der Waals surface area contributed by atoms with E-state index < -0.39 is 15.8 Å². The molecule has 148 valence electrons. The Morgan fingerprint density at radius 2 is 1.96 bits per heavy atom. The van der Waals surface area contributed by atoms with Gasteiger partial charge in [-0.1, -0.05) is 37.3 Å². The van der Waals surface area contributed by atoms with Gasteiger partial charge in [0.05, 0.1) is 0 Å². The molecule has 0 fully saturated rings. The van der Waals surface area contributed by atoms with Crippen molar-refractivity contribution in [3.8, 4) is 0 Å². The molecular formula is C21H23FN2O3S. The van der Waals surface area contributed by atoms with Gasteiger partial charge in [0.15, 0.2) is 0 Å². The van der Waals surface area contributed by atoms with Gasteiger partial charge in [-0.15, -0.1) is 0 Å². The number of carbonyl (C=O) groups is 1. The zero-order valence-corrected chi connectivity index (χ0v) is 16.5. The highest BCUT2D eigenvalue weighted by atomic mass is 32.2. The smallest absolute Gasteiger partial charge is 0.234 e. The summed E-state index contributed by atoms with van der Waals surface area (Å²) in [6, 6.07) is 11.6. The van der Waals surface area contributed by atoms with Gasteiger partial charge in [0.2, 0.25) is 15.9 Å². The maximum Gasteiger partial charge on any atom is 0.234 e. The zero-order valence-electron chi connectivity index (χ0n) is 15.7. The van der Waals surface area contributed by atoms with Gasteiger partial charge in [0.1, 0.15) is 5.82 Å². The summed E-state index contributed by atoms with van der Waals surface area (Å²) in [6.07, 6.45) is 3.23. The van der Waals surface area contributed by atoms with Crippen LogP contribution in [0.15, 0.2) is 47.9 Å². The molecule has 1 heterocycles. The molecule has 0 saturated carbocycles. The number of amides is 1. The molecule has 1 aliphatic rings. The maximum atomic E-state index is 13.6. The van der Waals surface area contributed by atoms with E-state index in [9.17, 15) is 17.6 Å². The van der Waals surface area contributed by atoms with Crippen molar-refractivity contribution in [1.82, 2.24) is 4.72 Å². The second-order valence-electron chi connectivity index (χ2n) is 6.70. The number of aryl methyl sites for hydroxylation is 1. The number of hydrogen-bond acceptors (Lipinski definition) is 3. The highest BCUT2D eigenvalue weighted by molar-refractivity contribution is 7.92. The predicted molar refractivity (Wildman–Crippen MR) is 109 cm³/mol. The lowest BCUT2D eigenvalue weighted by atomic mass is 9.98. The first-order valence-corrected chi connectivity index (χ1v) is 10.8. The van der Waals surface area contributed by atoms with Crippen molar-refractivity contribution in [1.29, 1.82) is 0 Å². The first-order chi connectivity index (χ1) is 13.4. The van der Waals surface area contributed by atoms with Crippen LogP contribution in [0.25, 0.3) is 6.08 Å². The van der Waals surface area contributed by atoms with Crippen LogP contribution in [-0.4, -0.2) is 20.9 Å². The van der Waals surface area contributed by atoms with Gasteiger partial charge in [0.25, 0.3) is 0 Å². The number of halogens is 1. The van der Waals surface area contributed by atoms with Gasteiger partial charge < -0.3 is 4.90 Å². The quantitative estimate of drug-likeness (QED) is 0.769. The normalized spacial score (nSPS) is 14.5. The summed E-state index contributed by atoms with van der Waals surface area (Å²) < 4.78 is 40.5. The molecule has 7 heteroatoms. The van der Waals surface area contributed by atoms with Crippen LogP contribution in [0.3, 0.4) is 0 Å². The average Bonchev–Trinajstić information content (AvgIpc) is 2.68. The second-order valence-corrected chi connectivity index (χ2v) is 8.35.